The van der Waals surface area contributed by atoms with Crippen LogP contribution in [0.1, 0.15) is 42.2 Å². The van der Waals surface area contributed by atoms with Gasteiger partial charge in [-0.2, -0.15) is 0 Å². The van der Waals surface area contributed by atoms with Gasteiger partial charge in [-0.25, -0.2) is 9.78 Å². The molecule has 7 nitrogen and oxygen atoms in total. The fourth-order valence-corrected chi connectivity index (χ4v) is 4.35. The minimum Gasteiger partial charge on any atom is -0.494 e. The van der Waals surface area contributed by atoms with E-state index in [1.807, 2.05) is 25.1 Å². The lowest BCUT2D eigenvalue weighted by Gasteiger charge is -2.21. The Kier molecular flexibility index (Phi) is 3.96. The molecule has 1 N–H and O–H groups in total. The average Bonchev–Trinajstić information content (AvgIpc) is 3.08. The maximum Gasteiger partial charge on any atom is 0.340 e. The standard InChI is InChI=1S/C22H20N2O5/c1-3-12-13-7-11(28-4-2)5-6-17(13)23-19-15(12)9-24-18(19)8-14-16(21(24)26)10-29-22(27)20(14)25/h5-8,20,25H,3-4,9-10H2,1-2H3. The van der Waals surface area contributed by atoms with Gasteiger partial charge in [0.2, 0.25) is 0 Å². The molecule has 0 saturated heterocycles. The fourth-order valence-electron chi connectivity index (χ4n) is 4.35. The maximum atomic E-state index is 13.1. The first-order valence-corrected chi connectivity index (χ1v) is 9.73. The summed E-state index contributed by atoms with van der Waals surface area (Å²) in [6.07, 6.45) is -0.662. The summed E-state index contributed by atoms with van der Waals surface area (Å²) >= 11 is 0. The van der Waals surface area contributed by atoms with Crippen LogP contribution in [-0.4, -0.2) is 27.2 Å². The highest BCUT2D eigenvalue weighted by Gasteiger charge is 2.34. The Hall–Kier alpha value is -3.19. The second kappa shape index (κ2) is 6.42. The van der Waals surface area contributed by atoms with E-state index in [9.17, 15) is 14.7 Å². The molecule has 2 aromatic heterocycles. The van der Waals surface area contributed by atoms with E-state index in [-0.39, 0.29) is 12.2 Å². The van der Waals surface area contributed by atoms with Gasteiger partial charge in [-0.1, -0.05) is 6.92 Å². The van der Waals surface area contributed by atoms with Crippen molar-refractivity contribution in [3.05, 3.63) is 56.9 Å². The van der Waals surface area contributed by atoms with Gasteiger partial charge in [0.1, 0.15) is 12.4 Å². The number of benzene rings is 1. The predicted octanol–water partition coefficient (Wildman–Crippen LogP) is 2.48. The molecule has 1 aromatic carbocycles. The summed E-state index contributed by atoms with van der Waals surface area (Å²) in [6.45, 7) is 4.90. The number of ether oxygens (including phenoxy) is 2. The second-order valence-electron chi connectivity index (χ2n) is 7.25. The summed E-state index contributed by atoms with van der Waals surface area (Å²) in [5.41, 5.74) is 4.69. The van der Waals surface area contributed by atoms with Gasteiger partial charge in [0.25, 0.3) is 5.56 Å². The van der Waals surface area contributed by atoms with Gasteiger partial charge in [0, 0.05) is 16.5 Å². The molecule has 0 saturated carbocycles. The smallest absolute Gasteiger partial charge is 0.340 e. The van der Waals surface area contributed by atoms with Gasteiger partial charge < -0.3 is 19.1 Å². The van der Waals surface area contributed by atoms with E-state index in [1.165, 1.54) is 0 Å². The Morgan fingerprint density at radius 2 is 2.07 bits per heavy atom. The Labute approximate surface area is 166 Å². The highest BCUT2D eigenvalue weighted by molar-refractivity contribution is 5.89. The van der Waals surface area contributed by atoms with E-state index in [4.69, 9.17) is 14.5 Å². The first-order chi connectivity index (χ1) is 14.0. The number of pyridine rings is 2. The number of carbonyl (C=O) groups excluding carboxylic acids is 1. The van der Waals surface area contributed by atoms with Crippen molar-refractivity contribution in [2.75, 3.05) is 6.61 Å². The molecule has 3 aromatic rings. The maximum absolute atomic E-state index is 13.1. The topological polar surface area (TPSA) is 90.7 Å². The molecular weight excluding hydrogens is 372 g/mol. The Balaban J connectivity index is 1.77. The number of aliphatic hydroxyl groups is 1. The zero-order valence-electron chi connectivity index (χ0n) is 16.2. The van der Waals surface area contributed by atoms with Crippen LogP contribution in [-0.2, 0) is 29.1 Å². The summed E-state index contributed by atoms with van der Waals surface area (Å²) in [4.78, 5) is 29.7. The summed E-state index contributed by atoms with van der Waals surface area (Å²) < 4.78 is 12.2. The summed E-state index contributed by atoms with van der Waals surface area (Å²) in [5, 5.41) is 11.2. The Morgan fingerprint density at radius 1 is 1.24 bits per heavy atom. The largest absolute Gasteiger partial charge is 0.494 e. The molecule has 0 amide bonds. The van der Waals surface area contributed by atoms with E-state index < -0.39 is 12.1 Å². The van der Waals surface area contributed by atoms with Crippen LogP contribution in [0.2, 0.25) is 0 Å². The number of aliphatic hydroxyl groups excluding tert-OH is 1. The van der Waals surface area contributed by atoms with Gasteiger partial charge >= 0.3 is 5.97 Å². The molecule has 2 aliphatic heterocycles. The van der Waals surface area contributed by atoms with Gasteiger partial charge in [0.05, 0.1) is 35.6 Å². The molecule has 0 fully saturated rings. The molecule has 7 heteroatoms. The van der Waals surface area contributed by atoms with E-state index >= 15 is 0 Å². The van der Waals surface area contributed by atoms with Crippen LogP contribution in [0.4, 0.5) is 0 Å². The molecule has 29 heavy (non-hydrogen) atoms. The van der Waals surface area contributed by atoms with Crippen LogP contribution in [0.15, 0.2) is 29.1 Å². The first-order valence-electron chi connectivity index (χ1n) is 9.73. The number of fused-ring (bicyclic) bond motifs is 5. The van der Waals surface area contributed by atoms with Crippen molar-refractivity contribution in [2.24, 2.45) is 0 Å². The molecule has 1 atom stereocenters. The zero-order chi connectivity index (χ0) is 20.3. The van der Waals surface area contributed by atoms with E-state index in [0.717, 1.165) is 39.9 Å². The van der Waals surface area contributed by atoms with E-state index in [1.54, 1.807) is 10.6 Å². The number of aryl methyl sites for hydroxylation is 1. The third-order valence-electron chi connectivity index (χ3n) is 5.71. The number of cyclic esters (lactones) is 1. The highest BCUT2D eigenvalue weighted by Crippen LogP contribution is 2.38. The van der Waals surface area contributed by atoms with E-state index in [0.29, 0.717) is 30.0 Å². The van der Waals surface area contributed by atoms with Crippen LogP contribution in [0.25, 0.3) is 22.3 Å². The summed E-state index contributed by atoms with van der Waals surface area (Å²) in [7, 11) is 0. The molecule has 0 radical (unpaired) electrons. The van der Waals surface area contributed by atoms with Crippen LogP contribution in [0, 0.1) is 0 Å². The SMILES string of the molecule is CCOc1ccc2nc3c(c(CC)c2c1)Cn1c-3cc2c(c1=O)COC(=O)C2O. The van der Waals surface area contributed by atoms with Crippen LogP contribution < -0.4 is 10.3 Å². The third kappa shape index (κ3) is 2.50. The van der Waals surface area contributed by atoms with Crippen molar-refractivity contribution in [2.45, 2.75) is 39.5 Å². The van der Waals surface area contributed by atoms with Crippen molar-refractivity contribution in [3.8, 4) is 17.1 Å². The van der Waals surface area contributed by atoms with Crippen LogP contribution in [0.3, 0.4) is 0 Å². The van der Waals surface area contributed by atoms with Crippen molar-refractivity contribution in [1.29, 1.82) is 0 Å². The monoisotopic (exact) mass is 392 g/mol. The van der Waals surface area contributed by atoms with Crippen molar-refractivity contribution in [3.63, 3.8) is 0 Å². The number of aromatic nitrogens is 2. The molecule has 0 aliphatic carbocycles. The molecule has 4 heterocycles. The van der Waals surface area contributed by atoms with Gasteiger partial charge in [-0.15, -0.1) is 0 Å². The minimum atomic E-state index is -1.44. The molecule has 2 aliphatic rings. The lowest BCUT2D eigenvalue weighted by Crippen LogP contribution is -2.32. The lowest BCUT2D eigenvalue weighted by molar-refractivity contribution is -0.157. The fraction of sp³-hybridized carbons (Fsp3) is 0.318. The summed E-state index contributed by atoms with van der Waals surface area (Å²) in [5.74, 6) is 0.0580. The molecule has 1 unspecified atom stereocenters. The molecule has 0 spiro atoms. The third-order valence-corrected chi connectivity index (χ3v) is 5.71. The first kappa shape index (κ1) is 17.9. The van der Waals surface area contributed by atoms with Crippen molar-refractivity contribution in [1.82, 2.24) is 9.55 Å². The number of carbonyl (C=O) groups is 1. The number of esters is 1. The van der Waals surface area contributed by atoms with E-state index in [2.05, 4.69) is 6.92 Å². The highest BCUT2D eigenvalue weighted by atomic mass is 16.5. The molecule has 0 bridgehead atoms. The Morgan fingerprint density at radius 3 is 2.83 bits per heavy atom. The molecular formula is C22H20N2O5. The van der Waals surface area contributed by atoms with Crippen LogP contribution in [0.5, 0.6) is 5.75 Å². The minimum absolute atomic E-state index is 0.117. The second-order valence-corrected chi connectivity index (χ2v) is 7.25. The van der Waals surface area contributed by atoms with Gasteiger partial charge in [-0.05, 0) is 43.2 Å². The zero-order valence-corrected chi connectivity index (χ0v) is 16.2. The Bertz CT molecular complexity index is 1240. The van der Waals surface area contributed by atoms with Crippen molar-refractivity contribution < 1.29 is 19.4 Å². The number of rotatable bonds is 3. The molecule has 5 rings (SSSR count). The quantitative estimate of drug-likeness (QED) is 0.539. The van der Waals surface area contributed by atoms with Gasteiger partial charge in [-0.3, -0.25) is 4.79 Å². The van der Waals surface area contributed by atoms with Crippen LogP contribution >= 0.6 is 0 Å². The average molecular weight is 392 g/mol. The lowest BCUT2D eigenvalue weighted by atomic mass is 9.97. The normalized spacial score (nSPS) is 16.9. The van der Waals surface area contributed by atoms with Crippen molar-refractivity contribution >= 4 is 16.9 Å². The predicted molar refractivity (Wildman–Crippen MR) is 106 cm³/mol. The van der Waals surface area contributed by atoms with Gasteiger partial charge in [0.15, 0.2) is 6.10 Å². The number of nitrogens with zero attached hydrogens (tertiary/aromatic N) is 2. The summed E-state index contributed by atoms with van der Waals surface area (Å²) in [6, 6.07) is 7.52. The number of hydrogen-bond donors (Lipinski definition) is 1. The number of hydrogen-bond acceptors (Lipinski definition) is 6. The molecule has 148 valence electrons.